The predicted molar refractivity (Wildman–Crippen MR) is 122 cm³/mol. The second kappa shape index (κ2) is 10.3. The lowest BCUT2D eigenvalue weighted by atomic mass is 10.1. The van der Waals surface area contributed by atoms with Crippen LogP contribution in [0.4, 0.5) is 5.69 Å². The SMILES string of the molecule is CCN(CC)S(=O)(=O)c1ccc(NC(=O)COC(=O)Cc2cccc3cccnc23)cc1. The van der Waals surface area contributed by atoms with Crippen molar-refractivity contribution in [2.75, 3.05) is 25.0 Å². The lowest BCUT2D eigenvalue weighted by Gasteiger charge is -2.18. The molecule has 1 amide bonds. The average Bonchev–Trinajstić information content (AvgIpc) is 2.79. The summed E-state index contributed by atoms with van der Waals surface area (Å²) in [7, 11) is -3.57. The first kappa shape index (κ1) is 23.4. The second-order valence-corrected chi connectivity index (χ2v) is 8.93. The van der Waals surface area contributed by atoms with Crippen molar-refractivity contribution >= 4 is 38.5 Å². The number of esters is 1. The number of sulfonamides is 1. The third-order valence-electron chi connectivity index (χ3n) is 4.90. The van der Waals surface area contributed by atoms with Gasteiger partial charge in [-0.25, -0.2) is 8.42 Å². The molecule has 3 aromatic rings. The second-order valence-electron chi connectivity index (χ2n) is 6.99. The van der Waals surface area contributed by atoms with Gasteiger partial charge in [0.25, 0.3) is 5.91 Å². The van der Waals surface area contributed by atoms with Crippen LogP contribution in [0.3, 0.4) is 0 Å². The number of rotatable bonds is 9. The summed E-state index contributed by atoms with van der Waals surface area (Å²) >= 11 is 0. The number of pyridine rings is 1. The number of anilines is 1. The molecule has 0 unspecified atom stereocenters. The van der Waals surface area contributed by atoms with Gasteiger partial charge in [-0.15, -0.1) is 0 Å². The molecule has 8 nitrogen and oxygen atoms in total. The van der Waals surface area contributed by atoms with Crippen molar-refractivity contribution in [3.05, 3.63) is 66.4 Å². The molecular weight excluding hydrogens is 430 g/mol. The molecule has 0 aliphatic rings. The standard InChI is InChI=1S/C23H25N3O5S/c1-3-26(4-2)32(29,30)20-12-10-19(11-13-20)25-21(27)16-31-22(28)15-18-8-5-7-17-9-6-14-24-23(17)18/h5-14H,3-4,15-16H2,1-2H3,(H,25,27). The predicted octanol–water partition coefficient (Wildman–Crippen LogP) is 2.99. The first-order chi connectivity index (χ1) is 15.3. The largest absolute Gasteiger partial charge is 0.455 e. The van der Waals surface area contributed by atoms with Gasteiger partial charge in [0.2, 0.25) is 10.0 Å². The Morgan fingerprint density at radius 1 is 1.00 bits per heavy atom. The highest BCUT2D eigenvalue weighted by atomic mass is 32.2. The fourth-order valence-corrected chi connectivity index (χ4v) is 4.74. The van der Waals surface area contributed by atoms with E-state index in [1.165, 1.54) is 28.6 Å². The number of hydrogen-bond acceptors (Lipinski definition) is 6. The Morgan fingerprint density at radius 2 is 1.69 bits per heavy atom. The zero-order valence-corrected chi connectivity index (χ0v) is 18.8. The molecule has 3 rings (SSSR count). The molecule has 1 heterocycles. The van der Waals surface area contributed by atoms with Gasteiger partial charge in [-0.3, -0.25) is 14.6 Å². The van der Waals surface area contributed by atoms with Crippen LogP contribution in [-0.4, -0.2) is 49.3 Å². The van der Waals surface area contributed by atoms with Crippen LogP contribution in [0.5, 0.6) is 0 Å². The van der Waals surface area contributed by atoms with E-state index in [-0.39, 0.29) is 11.3 Å². The van der Waals surface area contributed by atoms with Crippen molar-refractivity contribution in [3.8, 4) is 0 Å². The van der Waals surface area contributed by atoms with Crippen molar-refractivity contribution in [1.29, 1.82) is 0 Å². The maximum Gasteiger partial charge on any atom is 0.310 e. The number of nitrogens with zero attached hydrogens (tertiary/aromatic N) is 2. The van der Waals surface area contributed by atoms with E-state index in [4.69, 9.17) is 4.74 Å². The van der Waals surface area contributed by atoms with Crippen LogP contribution in [0, 0.1) is 0 Å². The van der Waals surface area contributed by atoms with Gasteiger partial charge in [-0.05, 0) is 35.9 Å². The first-order valence-electron chi connectivity index (χ1n) is 10.2. The minimum atomic E-state index is -3.57. The average molecular weight is 456 g/mol. The van der Waals surface area contributed by atoms with E-state index in [0.717, 1.165) is 16.5 Å². The molecule has 0 saturated carbocycles. The summed E-state index contributed by atoms with van der Waals surface area (Å²) in [5, 5.41) is 3.51. The number of hydrogen-bond donors (Lipinski definition) is 1. The van der Waals surface area contributed by atoms with Gasteiger partial charge in [0, 0.05) is 30.4 Å². The number of ether oxygens (including phenoxy) is 1. The van der Waals surface area contributed by atoms with Gasteiger partial charge in [-0.1, -0.05) is 38.1 Å². The number of carbonyl (C=O) groups is 2. The van der Waals surface area contributed by atoms with Crippen LogP contribution in [0.25, 0.3) is 10.9 Å². The van der Waals surface area contributed by atoms with E-state index in [1.54, 1.807) is 26.1 Å². The van der Waals surface area contributed by atoms with Crippen LogP contribution in [0.1, 0.15) is 19.4 Å². The maximum atomic E-state index is 12.5. The molecule has 0 spiro atoms. The van der Waals surface area contributed by atoms with Gasteiger partial charge in [0.1, 0.15) is 0 Å². The number of nitrogens with one attached hydrogen (secondary N) is 1. The summed E-state index contributed by atoms with van der Waals surface area (Å²) in [4.78, 5) is 28.8. The van der Waals surface area contributed by atoms with Crippen molar-refractivity contribution < 1.29 is 22.7 Å². The van der Waals surface area contributed by atoms with Gasteiger partial charge in [0.15, 0.2) is 6.61 Å². The van der Waals surface area contributed by atoms with Gasteiger partial charge >= 0.3 is 5.97 Å². The molecule has 0 radical (unpaired) electrons. The Morgan fingerprint density at radius 3 is 2.38 bits per heavy atom. The highest BCUT2D eigenvalue weighted by Gasteiger charge is 2.21. The van der Waals surface area contributed by atoms with E-state index in [0.29, 0.717) is 18.8 Å². The van der Waals surface area contributed by atoms with Crippen LogP contribution in [0.2, 0.25) is 0 Å². The molecule has 0 aliphatic carbocycles. The molecule has 0 aliphatic heterocycles. The van der Waals surface area contributed by atoms with Crippen LogP contribution in [0.15, 0.2) is 65.7 Å². The minimum absolute atomic E-state index is 0.000449. The van der Waals surface area contributed by atoms with E-state index in [2.05, 4.69) is 10.3 Å². The highest BCUT2D eigenvalue weighted by Crippen LogP contribution is 2.19. The topological polar surface area (TPSA) is 106 Å². The molecule has 0 atom stereocenters. The maximum absolute atomic E-state index is 12.5. The monoisotopic (exact) mass is 455 g/mol. The van der Waals surface area contributed by atoms with E-state index < -0.39 is 28.5 Å². The molecule has 9 heteroatoms. The minimum Gasteiger partial charge on any atom is -0.455 e. The summed E-state index contributed by atoms with van der Waals surface area (Å²) in [5.41, 5.74) is 1.84. The Hall–Kier alpha value is -3.30. The quantitative estimate of drug-likeness (QED) is 0.497. The third-order valence-corrected chi connectivity index (χ3v) is 6.96. The van der Waals surface area contributed by atoms with Crippen LogP contribution < -0.4 is 5.32 Å². The fourth-order valence-electron chi connectivity index (χ4n) is 3.28. The van der Waals surface area contributed by atoms with E-state index in [9.17, 15) is 18.0 Å². The van der Waals surface area contributed by atoms with Gasteiger partial charge < -0.3 is 10.1 Å². The molecule has 1 N–H and O–H groups in total. The fraction of sp³-hybridized carbons (Fsp3) is 0.261. The number of benzene rings is 2. The van der Waals surface area contributed by atoms with Crippen LogP contribution in [-0.2, 0) is 30.8 Å². The van der Waals surface area contributed by atoms with Crippen molar-refractivity contribution in [2.45, 2.75) is 25.2 Å². The Bertz CT molecular complexity index is 1200. The zero-order chi connectivity index (χ0) is 23.1. The molecule has 0 bridgehead atoms. The highest BCUT2D eigenvalue weighted by molar-refractivity contribution is 7.89. The lowest BCUT2D eigenvalue weighted by Crippen LogP contribution is -2.30. The third kappa shape index (κ3) is 5.49. The lowest BCUT2D eigenvalue weighted by molar-refractivity contribution is -0.146. The summed E-state index contributed by atoms with van der Waals surface area (Å²) < 4.78 is 31.5. The zero-order valence-electron chi connectivity index (χ0n) is 17.9. The Balaban J connectivity index is 1.55. The number of amides is 1. The molecule has 32 heavy (non-hydrogen) atoms. The van der Waals surface area contributed by atoms with Crippen molar-refractivity contribution in [2.24, 2.45) is 0 Å². The molecule has 0 fully saturated rings. The summed E-state index contributed by atoms with van der Waals surface area (Å²) in [6.07, 6.45) is 1.66. The normalized spacial score (nSPS) is 11.5. The molecule has 168 valence electrons. The van der Waals surface area contributed by atoms with Crippen LogP contribution >= 0.6 is 0 Å². The first-order valence-corrected chi connectivity index (χ1v) is 11.7. The Kier molecular flexibility index (Phi) is 7.55. The number of carbonyl (C=O) groups excluding carboxylic acids is 2. The molecule has 2 aromatic carbocycles. The molecule has 0 saturated heterocycles. The van der Waals surface area contributed by atoms with Crippen molar-refractivity contribution in [3.63, 3.8) is 0 Å². The number of para-hydroxylation sites is 1. The number of fused-ring (bicyclic) bond motifs is 1. The van der Waals surface area contributed by atoms with Crippen molar-refractivity contribution in [1.82, 2.24) is 9.29 Å². The summed E-state index contributed by atoms with van der Waals surface area (Å²) in [6.45, 7) is 3.84. The van der Waals surface area contributed by atoms with Gasteiger partial charge in [0.05, 0.1) is 16.8 Å². The smallest absolute Gasteiger partial charge is 0.310 e. The van der Waals surface area contributed by atoms with E-state index in [1.807, 2.05) is 24.3 Å². The number of aromatic nitrogens is 1. The summed E-state index contributed by atoms with van der Waals surface area (Å²) in [6, 6.07) is 15.1. The van der Waals surface area contributed by atoms with Gasteiger partial charge in [-0.2, -0.15) is 4.31 Å². The summed E-state index contributed by atoms with van der Waals surface area (Å²) in [5.74, 6) is -1.06. The van der Waals surface area contributed by atoms with E-state index >= 15 is 0 Å². The molecule has 1 aromatic heterocycles. The Labute approximate surface area is 187 Å². The molecular formula is C23H25N3O5S.